The van der Waals surface area contributed by atoms with Gasteiger partial charge >= 0.3 is 6.18 Å². The number of allylic oxidation sites excluding steroid dienone is 1. The molecular formula is C26H22Cl2F3NO. The molecule has 0 radical (unpaired) electrons. The van der Waals surface area contributed by atoms with Gasteiger partial charge in [-0.1, -0.05) is 77.3 Å². The van der Waals surface area contributed by atoms with E-state index in [1.165, 1.54) is 24.3 Å². The van der Waals surface area contributed by atoms with E-state index in [1.807, 2.05) is 31.2 Å². The van der Waals surface area contributed by atoms with Gasteiger partial charge < -0.3 is 5.32 Å². The van der Waals surface area contributed by atoms with Gasteiger partial charge in [0.1, 0.15) is 0 Å². The lowest BCUT2D eigenvalue weighted by Crippen LogP contribution is -2.23. The maximum atomic E-state index is 13.7. The van der Waals surface area contributed by atoms with E-state index >= 15 is 0 Å². The van der Waals surface area contributed by atoms with Gasteiger partial charge in [0.05, 0.1) is 5.92 Å². The Morgan fingerprint density at radius 2 is 1.61 bits per heavy atom. The van der Waals surface area contributed by atoms with Crippen molar-refractivity contribution in [3.05, 3.63) is 110 Å². The highest BCUT2D eigenvalue weighted by molar-refractivity contribution is 6.34. The number of halogens is 5. The van der Waals surface area contributed by atoms with Crippen LogP contribution >= 0.6 is 23.2 Å². The number of hydrogen-bond donors (Lipinski definition) is 1. The number of carbonyl (C=O) groups excluding carboxylic acids is 1. The highest BCUT2D eigenvalue weighted by atomic mass is 35.5. The molecule has 7 heteroatoms. The molecule has 0 saturated heterocycles. The lowest BCUT2D eigenvalue weighted by Gasteiger charge is -2.18. The molecule has 172 valence electrons. The van der Waals surface area contributed by atoms with E-state index in [1.54, 1.807) is 25.1 Å². The van der Waals surface area contributed by atoms with Gasteiger partial charge in [-0.3, -0.25) is 4.79 Å². The van der Waals surface area contributed by atoms with Crippen molar-refractivity contribution >= 4 is 35.2 Å². The summed E-state index contributed by atoms with van der Waals surface area (Å²) in [5.74, 6) is -2.11. The van der Waals surface area contributed by atoms with Crippen molar-refractivity contribution in [2.24, 2.45) is 0 Å². The Labute approximate surface area is 201 Å². The monoisotopic (exact) mass is 491 g/mol. The van der Waals surface area contributed by atoms with Crippen molar-refractivity contribution in [2.45, 2.75) is 32.5 Å². The molecule has 2 nitrogen and oxygen atoms in total. The Morgan fingerprint density at radius 3 is 2.18 bits per heavy atom. The minimum atomic E-state index is -4.52. The second kappa shape index (κ2) is 10.4. The Kier molecular flexibility index (Phi) is 7.88. The molecular weight excluding hydrogens is 470 g/mol. The molecule has 0 spiro atoms. The first kappa shape index (κ1) is 24.9. The largest absolute Gasteiger partial charge is 0.399 e. The molecule has 0 aromatic heterocycles. The molecule has 0 fully saturated rings. The van der Waals surface area contributed by atoms with Crippen LogP contribution in [0.3, 0.4) is 0 Å². The number of benzene rings is 3. The number of hydrogen-bond acceptors (Lipinski definition) is 1. The van der Waals surface area contributed by atoms with E-state index in [0.717, 1.165) is 17.2 Å². The standard InChI is InChI=1S/C26H22Cl2F3NO/c1-16-3-5-19(6-4-16)15-32-25(33)23-9-7-18(11-17(23)2)8-10-24(26(29,30)31)20-12-21(27)14-22(28)13-20/h3-14,24H,15H2,1-2H3,(H,32,33)/b10-8+. The van der Waals surface area contributed by atoms with Crippen LogP contribution in [-0.2, 0) is 6.54 Å². The molecule has 0 aliphatic carbocycles. The lowest BCUT2D eigenvalue weighted by atomic mass is 9.96. The Balaban J connectivity index is 1.76. The molecule has 3 rings (SSSR count). The number of aryl methyl sites for hydroxylation is 2. The van der Waals surface area contributed by atoms with E-state index < -0.39 is 12.1 Å². The summed E-state index contributed by atoms with van der Waals surface area (Å²) in [7, 11) is 0. The molecule has 0 saturated carbocycles. The number of rotatable bonds is 6. The van der Waals surface area contributed by atoms with Gasteiger partial charge in [0.15, 0.2) is 0 Å². The smallest absolute Gasteiger partial charge is 0.348 e. The van der Waals surface area contributed by atoms with Crippen LogP contribution in [0, 0.1) is 13.8 Å². The van der Waals surface area contributed by atoms with Crippen LogP contribution in [0.1, 0.15) is 44.1 Å². The van der Waals surface area contributed by atoms with E-state index in [4.69, 9.17) is 23.2 Å². The third-order valence-electron chi connectivity index (χ3n) is 5.15. The summed E-state index contributed by atoms with van der Waals surface area (Å²) in [6.07, 6.45) is -2.07. The van der Waals surface area contributed by atoms with Gasteiger partial charge in [-0.15, -0.1) is 0 Å². The lowest BCUT2D eigenvalue weighted by molar-refractivity contribution is -0.139. The normalized spacial score (nSPS) is 12.7. The maximum absolute atomic E-state index is 13.7. The first-order chi connectivity index (χ1) is 15.5. The minimum absolute atomic E-state index is 0.0416. The zero-order valence-electron chi connectivity index (χ0n) is 18.0. The van der Waals surface area contributed by atoms with Gasteiger partial charge in [0.25, 0.3) is 5.91 Å². The van der Waals surface area contributed by atoms with E-state index in [9.17, 15) is 18.0 Å². The predicted molar refractivity (Wildman–Crippen MR) is 128 cm³/mol. The Hall–Kier alpha value is -2.76. The van der Waals surface area contributed by atoms with Crippen molar-refractivity contribution < 1.29 is 18.0 Å². The fraction of sp³-hybridized carbons (Fsp3) is 0.192. The minimum Gasteiger partial charge on any atom is -0.348 e. The van der Waals surface area contributed by atoms with Crippen LogP contribution in [-0.4, -0.2) is 12.1 Å². The highest BCUT2D eigenvalue weighted by Gasteiger charge is 2.39. The maximum Gasteiger partial charge on any atom is 0.399 e. The van der Waals surface area contributed by atoms with Gasteiger partial charge in [0, 0.05) is 22.2 Å². The summed E-state index contributed by atoms with van der Waals surface area (Å²) in [6.45, 7) is 4.12. The van der Waals surface area contributed by atoms with Crippen molar-refractivity contribution in [1.82, 2.24) is 5.32 Å². The summed E-state index contributed by atoms with van der Waals surface area (Å²) in [5, 5.41) is 3.14. The van der Waals surface area contributed by atoms with E-state index in [0.29, 0.717) is 23.2 Å². The zero-order valence-corrected chi connectivity index (χ0v) is 19.5. The van der Waals surface area contributed by atoms with Crippen LogP contribution in [0.2, 0.25) is 10.0 Å². The Morgan fingerprint density at radius 1 is 0.970 bits per heavy atom. The average Bonchev–Trinajstić information content (AvgIpc) is 2.71. The van der Waals surface area contributed by atoms with Gasteiger partial charge in [0.2, 0.25) is 0 Å². The molecule has 0 bridgehead atoms. The van der Waals surface area contributed by atoms with Crippen LogP contribution in [0.5, 0.6) is 0 Å². The van der Waals surface area contributed by atoms with Crippen LogP contribution in [0.4, 0.5) is 13.2 Å². The zero-order chi connectivity index (χ0) is 24.2. The molecule has 1 N–H and O–H groups in total. The molecule has 3 aromatic carbocycles. The number of alkyl halides is 3. The number of amides is 1. The molecule has 33 heavy (non-hydrogen) atoms. The first-order valence-corrected chi connectivity index (χ1v) is 10.9. The fourth-order valence-corrected chi connectivity index (χ4v) is 3.94. The van der Waals surface area contributed by atoms with Crippen molar-refractivity contribution in [3.8, 4) is 0 Å². The third-order valence-corrected chi connectivity index (χ3v) is 5.58. The number of nitrogens with one attached hydrogen (secondary N) is 1. The van der Waals surface area contributed by atoms with Crippen LogP contribution < -0.4 is 5.32 Å². The molecule has 1 atom stereocenters. The Bertz CT molecular complexity index is 1150. The third kappa shape index (κ3) is 6.86. The second-order valence-electron chi connectivity index (χ2n) is 7.82. The number of carbonyl (C=O) groups is 1. The average molecular weight is 492 g/mol. The van der Waals surface area contributed by atoms with Gasteiger partial charge in [-0.25, -0.2) is 0 Å². The molecule has 0 aliphatic rings. The summed E-state index contributed by atoms with van der Waals surface area (Å²) < 4.78 is 41.0. The van der Waals surface area contributed by atoms with E-state index in [-0.39, 0.29) is 21.5 Å². The molecule has 0 aliphatic heterocycles. The van der Waals surface area contributed by atoms with Crippen LogP contribution in [0.15, 0.2) is 66.7 Å². The molecule has 3 aromatic rings. The topological polar surface area (TPSA) is 29.1 Å². The first-order valence-electron chi connectivity index (χ1n) is 10.2. The summed E-state index contributed by atoms with van der Waals surface area (Å²) in [5.41, 5.74) is 3.74. The molecule has 1 unspecified atom stereocenters. The summed E-state index contributed by atoms with van der Waals surface area (Å²) in [4.78, 5) is 12.6. The van der Waals surface area contributed by atoms with Gasteiger partial charge in [-0.05, 0) is 60.4 Å². The van der Waals surface area contributed by atoms with Crippen molar-refractivity contribution in [2.75, 3.05) is 0 Å². The van der Waals surface area contributed by atoms with E-state index in [2.05, 4.69) is 5.32 Å². The SMILES string of the molecule is Cc1ccc(CNC(=O)c2ccc(/C=C/C(c3cc(Cl)cc(Cl)c3)C(F)(F)F)cc2C)cc1. The van der Waals surface area contributed by atoms with Gasteiger partial charge in [-0.2, -0.15) is 13.2 Å². The van der Waals surface area contributed by atoms with Crippen molar-refractivity contribution in [1.29, 1.82) is 0 Å². The summed E-state index contributed by atoms with van der Waals surface area (Å²) in [6, 6.07) is 16.6. The summed E-state index contributed by atoms with van der Waals surface area (Å²) >= 11 is 11.8. The molecule has 0 heterocycles. The van der Waals surface area contributed by atoms with Crippen molar-refractivity contribution in [3.63, 3.8) is 0 Å². The fourth-order valence-electron chi connectivity index (χ4n) is 3.40. The predicted octanol–water partition coefficient (Wildman–Crippen LogP) is 7.90. The molecule has 1 amide bonds. The quantitative estimate of drug-likeness (QED) is 0.372. The highest BCUT2D eigenvalue weighted by Crippen LogP contribution is 2.38. The van der Waals surface area contributed by atoms with Crippen LogP contribution in [0.25, 0.3) is 6.08 Å². The second-order valence-corrected chi connectivity index (χ2v) is 8.70.